The van der Waals surface area contributed by atoms with Crippen molar-refractivity contribution in [2.24, 2.45) is 5.92 Å². The topological polar surface area (TPSA) is 62.5 Å². The van der Waals surface area contributed by atoms with Crippen LogP contribution in [0.1, 0.15) is 35.4 Å². The minimum atomic E-state index is -1.00. The van der Waals surface area contributed by atoms with Gasteiger partial charge in [-0.3, -0.25) is 0 Å². The van der Waals surface area contributed by atoms with Crippen molar-refractivity contribution in [3.8, 4) is 0 Å². The van der Waals surface area contributed by atoms with Gasteiger partial charge in [0.1, 0.15) is 5.58 Å². The third-order valence-electron chi connectivity index (χ3n) is 3.85. The Morgan fingerprint density at radius 1 is 1.37 bits per heavy atom. The van der Waals surface area contributed by atoms with Crippen LogP contribution in [0.3, 0.4) is 0 Å². The number of aromatic carboxylic acids is 1. The van der Waals surface area contributed by atoms with Crippen molar-refractivity contribution in [2.75, 3.05) is 6.54 Å². The summed E-state index contributed by atoms with van der Waals surface area (Å²) in [4.78, 5) is 11.2. The number of furan rings is 1. The van der Waals surface area contributed by atoms with Gasteiger partial charge in [0.25, 0.3) is 0 Å². The lowest BCUT2D eigenvalue weighted by Gasteiger charge is -2.25. The number of benzene rings is 1. The Morgan fingerprint density at radius 2 is 2.16 bits per heavy atom. The lowest BCUT2D eigenvalue weighted by molar-refractivity contribution is 0.0663. The Hall–Kier alpha value is -1.81. The first-order valence-electron chi connectivity index (χ1n) is 6.70. The summed E-state index contributed by atoms with van der Waals surface area (Å²) in [7, 11) is 0. The van der Waals surface area contributed by atoms with Gasteiger partial charge in [-0.25, -0.2) is 4.79 Å². The first kappa shape index (κ1) is 12.2. The van der Waals surface area contributed by atoms with E-state index in [2.05, 4.69) is 5.32 Å². The molecule has 0 atom stereocenters. The molecule has 2 aromatic rings. The van der Waals surface area contributed by atoms with Gasteiger partial charge < -0.3 is 14.8 Å². The third kappa shape index (κ3) is 2.36. The van der Waals surface area contributed by atoms with E-state index in [0.717, 1.165) is 23.4 Å². The molecule has 19 heavy (non-hydrogen) atoms. The van der Waals surface area contributed by atoms with Gasteiger partial charge in [0.05, 0.1) is 0 Å². The zero-order chi connectivity index (χ0) is 13.2. The monoisotopic (exact) mass is 259 g/mol. The molecule has 0 radical (unpaired) electrons. The molecule has 0 unspecified atom stereocenters. The van der Waals surface area contributed by atoms with Crippen molar-refractivity contribution < 1.29 is 14.3 Å². The highest BCUT2D eigenvalue weighted by atomic mass is 16.4. The van der Waals surface area contributed by atoms with Gasteiger partial charge in [0.2, 0.25) is 5.76 Å². The van der Waals surface area contributed by atoms with Crippen molar-refractivity contribution in [3.63, 3.8) is 0 Å². The first-order chi connectivity index (χ1) is 9.25. The number of carboxylic acids is 1. The average molecular weight is 259 g/mol. The molecule has 100 valence electrons. The number of para-hydroxylation sites is 1. The van der Waals surface area contributed by atoms with Gasteiger partial charge in [0, 0.05) is 17.5 Å². The molecule has 3 rings (SSSR count). The summed E-state index contributed by atoms with van der Waals surface area (Å²) in [6.07, 6.45) is 3.89. The summed E-state index contributed by atoms with van der Waals surface area (Å²) < 4.78 is 5.42. The van der Waals surface area contributed by atoms with E-state index in [9.17, 15) is 9.90 Å². The molecule has 1 aromatic carbocycles. The highest BCUT2D eigenvalue weighted by molar-refractivity contribution is 5.95. The van der Waals surface area contributed by atoms with Gasteiger partial charge in [-0.05, 0) is 31.4 Å². The summed E-state index contributed by atoms with van der Waals surface area (Å²) >= 11 is 0. The van der Waals surface area contributed by atoms with Crippen molar-refractivity contribution in [1.29, 1.82) is 0 Å². The predicted octanol–water partition coefficient (Wildman–Crippen LogP) is 3.02. The van der Waals surface area contributed by atoms with Crippen LogP contribution in [0.15, 0.2) is 28.7 Å². The SMILES string of the molecule is O=C(O)c1oc2ccccc2c1CNCC1CCC1. The first-order valence-corrected chi connectivity index (χ1v) is 6.70. The highest BCUT2D eigenvalue weighted by Crippen LogP contribution is 2.27. The summed E-state index contributed by atoms with van der Waals surface area (Å²) in [6, 6.07) is 7.46. The fourth-order valence-electron chi connectivity index (χ4n) is 2.55. The van der Waals surface area contributed by atoms with E-state index >= 15 is 0 Å². The average Bonchev–Trinajstić information content (AvgIpc) is 2.71. The second kappa shape index (κ2) is 5.05. The molecule has 0 saturated heterocycles. The Balaban J connectivity index is 1.82. The molecule has 0 spiro atoms. The van der Waals surface area contributed by atoms with E-state index in [-0.39, 0.29) is 5.76 Å². The molecule has 1 aliphatic rings. The largest absolute Gasteiger partial charge is 0.475 e. The molecule has 1 aromatic heterocycles. The minimum absolute atomic E-state index is 0.0577. The normalized spacial score (nSPS) is 15.6. The summed E-state index contributed by atoms with van der Waals surface area (Å²) in [5, 5.41) is 13.5. The molecule has 0 amide bonds. The lowest BCUT2D eigenvalue weighted by atomic mass is 9.85. The summed E-state index contributed by atoms with van der Waals surface area (Å²) in [6.45, 7) is 1.51. The molecule has 4 nitrogen and oxygen atoms in total. The molecule has 1 fully saturated rings. The molecule has 0 bridgehead atoms. The summed E-state index contributed by atoms with van der Waals surface area (Å²) in [5.74, 6) is -0.189. The molecule has 4 heteroatoms. The number of nitrogens with one attached hydrogen (secondary N) is 1. The van der Waals surface area contributed by atoms with Crippen molar-refractivity contribution in [1.82, 2.24) is 5.32 Å². The molecule has 2 N–H and O–H groups in total. The Bertz CT molecular complexity index is 598. The zero-order valence-corrected chi connectivity index (χ0v) is 10.7. The van der Waals surface area contributed by atoms with Crippen molar-refractivity contribution in [2.45, 2.75) is 25.8 Å². The maximum atomic E-state index is 11.2. The lowest BCUT2D eigenvalue weighted by Crippen LogP contribution is -2.27. The predicted molar refractivity (Wildman–Crippen MR) is 72.2 cm³/mol. The van der Waals surface area contributed by atoms with Gasteiger partial charge in [0.15, 0.2) is 0 Å². The second-order valence-electron chi connectivity index (χ2n) is 5.14. The van der Waals surface area contributed by atoms with Crippen LogP contribution in [0.5, 0.6) is 0 Å². The standard InChI is InChI=1S/C15H17NO3/c17-15(18)14-12(9-16-8-10-4-3-5-10)11-6-1-2-7-13(11)19-14/h1-2,6-7,10,16H,3-5,8-9H2,(H,17,18). The highest BCUT2D eigenvalue weighted by Gasteiger charge is 2.21. The number of hydrogen-bond acceptors (Lipinski definition) is 3. The zero-order valence-electron chi connectivity index (χ0n) is 10.7. The Morgan fingerprint density at radius 3 is 2.84 bits per heavy atom. The van der Waals surface area contributed by atoms with E-state index in [4.69, 9.17) is 4.42 Å². The van der Waals surface area contributed by atoms with Crippen LogP contribution in [0.25, 0.3) is 11.0 Å². The van der Waals surface area contributed by atoms with E-state index in [1.807, 2.05) is 18.2 Å². The fourth-order valence-corrected chi connectivity index (χ4v) is 2.55. The van der Waals surface area contributed by atoms with Crippen LogP contribution < -0.4 is 5.32 Å². The van der Waals surface area contributed by atoms with Crippen LogP contribution in [-0.4, -0.2) is 17.6 Å². The maximum absolute atomic E-state index is 11.2. The number of carboxylic acid groups (broad SMARTS) is 1. The van der Waals surface area contributed by atoms with Crippen molar-refractivity contribution >= 4 is 16.9 Å². The Kier molecular flexibility index (Phi) is 3.25. The van der Waals surface area contributed by atoms with Crippen LogP contribution >= 0.6 is 0 Å². The van der Waals surface area contributed by atoms with Crippen LogP contribution in [0.4, 0.5) is 0 Å². The van der Waals surface area contributed by atoms with E-state index in [0.29, 0.717) is 12.1 Å². The molecular formula is C15H17NO3. The van der Waals surface area contributed by atoms with Crippen molar-refractivity contribution in [3.05, 3.63) is 35.6 Å². The van der Waals surface area contributed by atoms with E-state index in [1.54, 1.807) is 6.07 Å². The second-order valence-corrected chi connectivity index (χ2v) is 5.14. The number of carbonyl (C=O) groups is 1. The number of fused-ring (bicyclic) bond motifs is 1. The van der Waals surface area contributed by atoms with Crippen LogP contribution in [-0.2, 0) is 6.54 Å². The summed E-state index contributed by atoms with van der Waals surface area (Å²) in [5.41, 5.74) is 1.39. The Labute approximate surface area is 111 Å². The van der Waals surface area contributed by atoms with Crippen LogP contribution in [0, 0.1) is 5.92 Å². The molecule has 1 heterocycles. The van der Waals surface area contributed by atoms with Gasteiger partial charge in [-0.15, -0.1) is 0 Å². The smallest absolute Gasteiger partial charge is 0.372 e. The van der Waals surface area contributed by atoms with Gasteiger partial charge in [-0.1, -0.05) is 24.6 Å². The quantitative estimate of drug-likeness (QED) is 0.866. The third-order valence-corrected chi connectivity index (χ3v) is 3.85. The van der Waals surface area contributed by atoms with E-state index < -0.39 is 5.97 Å². The fraction of sp³-hybridized carbons (Fsp3) is 0.400. The van der Waals surface area contributed by atoms with Crippen LogP contribution in [0.2, 0.25) is 0 Å². The van der Waals surface area contributed by atoms with Gasteiger partial charge >= 0.3 is 5.97 Å². The molecule has 1 saturated carbocycles. The van der Waals surface area contributed by atoms with E-state index in [1.165, 1.54) is 19.3 Å². The molecule has 1 aliphatic carbocycles. The minimum Gasteiger partial charge on any atom is -0.475 e. The molecule has 0 aliphatic heterocycles. The molecular weight excluding hydrogens is 242 g/mol. The number of rotatable bonds is 5. The number of hydrogen-bond donors (Lipinski definition) is 2. The maximum Gasteiger partial charge on any atom is 0.372 e. The van der Waals surface area contributed by atoms with Gasteiger partial charge in [-0.2, -0.15) is 0 Å².